The number of hydrogen-bond donors (Lipinski definition) is 1. The first-order valence-corrected chi connectivity index (χ1v) is 5.57. The molecule has 1 saturated heterocycles. The van der Waals surface area contributed by atoms with E-state index in [9.17, 15) is 0 Å². The van der Waals surface area contributed by atoms with Gasteiger partial charge in [0.1, 0.15) is 5.82 Å². The molecule has 4 heteroatoms. The van der Waals surface area contributed by atoms with Crippen molar-refractivity contribution >= 4 is 11.5 Å². The smallest absolute Gasteiger partial charge is 0.153 e. The summed E-state index contributed by atoms with van der Waals surface area (Å²) in [5, 5.41) is 3.14. The zero-order valence-corrected chi connectivity index (χ0v) is 9.45. The fourth-order valence-electron chi connectivity index (χ4n) is 2.01. The molecule has 1 aromatic rings. The van der Waals surface area contributed by atoms with E-state index in [1.165, 1.54) is 19.3 Å². The molecule has 1 N–H and O–H groups in total. The predicted octanol–water partition coefficient (Wildman–Crippen LogP) is 1.82. The summed E-state index contributed by atoms with van der Waals surface area (Å²) in [5.41, 5.74) is 1.14. The minimum absolute atomic E-state index is 0.820. The van der Waals surface area contributed by atoms with E-state index in [2.05, 4.69) is 20.2 Å². The number of nitrogens with one attached hydrogen (secondary N) is 1. The molecule has 15 heavy (non-hydrogen) atoms. The molecule has 0 atom stereocenters. The van der Waals surface area contributed by atoms with Gasteiger partial charge in [-0.05, 0) is 26.2 Å². The van der Waals surface area contributed by atoms with Gasteiger partial charge in [0.15, 0.2) is 5.82 Å². The maximum absolute atomic E-state index is 4.40. The van der Waals surface area contributed by atoms with Crippen LogP contribution in [0.5, 0.6) is 0 Å². The Kier molecular flexibility index (Phi) is 3.04. The van der Waals surface area contributed by atoms with Gasteiger partial charge in [0.05, 0.1) is 11.9 Å². The standard InChI is InChI=1S/C11H18N4/c1-9-13-8-10(11(12-2)14-9)15-6-4-3-5-7-15/h8H,3-7H2,1-2H3,(H,12,13,14). The summed E-state index contributed by atoms with van der Waals surface area (Å²) in [4.78, 5) is 11.0. The van der Waals surface area contributed by atoms with Crippen LogP contribution in [-0.4, -0.2) is 30.1 Å². The van der Waals surface area contributed by atoms with Crippen LogP contribution in [0.4, 0.5) is 11.5 Å². The highest BCUT2D eigenvalue weighted by atomic mass is 15.2. The fraction of sp³-hybridized carbons (Fsp3) is 0.636. The van der Waals surface area contributed by atoms with Crippen LogP contribution in [0.1, 0.15) is 25.1 Å². The molecule has 4 nitrogen and oxygen atoms in total. The number of anilines is 2. The van der Waals surface area contributed by atoms with Crippen LogP contribution in [0.2, 0.25) is 0 Å². The zero-order valence-electron chi connectivity index (χ0n) is 9.45. The third-order valence-electron chi connectivity index (χ3n) is 2.82. The van der Waals surface area contributed by atoms with Crippen LogP contribution in [-0.2, 0) is 0 Å². The molecular formula is C11H18N4. The van der Waals surface area contributed by atoms with Gasteiger partial charge < -0.3 is 10.2 Å². The Bertz CT molecular complexity index is 331. The molecular weight excluding hydrogens is 188 g/mol. The van der Waals surface area contributed by atoms with Gasteiger partial charge in [0.25, 0.3) is 0 Å². The number of aromatic nitrogens is 2. The number of rotatable bonds is 2. The minimum Gasteiger partial charge on any atom is -0.371 e. The maximum Gasteiger partial charge on any atom is 0.153 e. The second-order valence-corrected chi connectivity index (χ2v) is 3.95. The summed E-state index contributed by atoms with van der Waals surface area (Å²) in [6, 6.07) is 0. The summed E-state index contributed by atoms with van der Waals surface area (Å²) in [6.45, 7) is 4.17. The Morgan fingerprint density at radius 2 is 2.00 bits per heavy atom. The lowest BCUT2D eigenvalue weighted by Crippen LogP contribution is -2.30. The molecule has 82 valence electrons. The average molecular weight is 206 g/mol. The summed E-state index contributed by atoms with van der Waals surface area (Å²) in [5.74, 6) is 1.77. The van der Waals surface area contributed by atoms with Gasteiger partial charge in [-0.2, -0.15) is 0 Å². The van der Waals surface area contributed by atoms with E-state index >= 15 is 0 Å². The van der Waals surface area contributed by atoms with E-state index in [4.69, 9.17) is 0 Å². The van der Waals surface area contributed by atoms with Gasteiger partial charge in [-0.1, -0.05) is 0 Å². The molecule has 0 amide bonds. The van der Waals surface area contributed by atoms with E-state index in [-0.39, 0.29) is 0 Å². The Balaban J connectivity index is 2.25. The summed E-state index contributed by atoms with van der Waals surface area (Å²) in [7, 11) is 1.91. The van der Waals surface area contributed by atoms with E-state index in [1.807, 2.05) is 20.2 Å². The van der Waals surface area contributed by atoms with Crippen molar-refractivity contribution in [1.29, 1.82) is 0 Å². The van der Waals surface area contributed by atoms with Crippen LogP contribution in [0.25, 0.3) is 0 Å². The first kappa shape index (κ1) is 10.2. The Labute approximate surface area is 90.7 Å². The summed E-state index contributed by atoms with van der Waals surface area (Å²) in [6.07, 6.45) is 5.83. The molecule has 1 aliphatic heterocycles. The Morgan fingerprint density at radius 3 is 2.67 bits per heavy atom. The lowest BCUT2D eigenvalue weighted by atomic mass is 10.1. The third kappa shape index (κ3) is 2.19. The molecule has 2 heterocycles. The summed E-state index contributed by atoms with van der Waals surface area (Å²) >= 11 is 0. The van der Waals surface area contributed by atoms with Crippen LogP contribution in [0.3, 0.4) is 0 Å². The van der Waals surface area contributed by atoms with Gasteiger partial charge in [-0.25, -0.2) is 9.97 Å². The lowest BCUT2D eigenvalue weighted by Gasteiger charge is -2.29. The Hall–Kier alpha value is -1.32. The highest BCUT2D eigenvalue weighted by Crippen LogP contribution is 2.25. The first-order chi connectivity index (χ1) is 7.31. The van der Waals surface area contributed by atoms with Crippen LogP contribution >= 0.6 is 0 Å². The van der Waals surface area contributed by atoms with Crippen molar-refractivity contribution in [1.82, 2.24) is 9.97 Å². The molecule has 1 aliphatic rings. The van der Waals surface area contributed by atoms with Crippen LogP contribution in [0.15, 0.2) is 6.20 Å². The largest absolute Gasteiger partial charge is 0.371 e. The highest BCUT2D eigenvalue weighted by Gasteiger charge is 2.15. The number of piperidine rings is 1. The lowest BCUT2D eigenvalue weighted by molar-refractivity contribution is 0.577. The van der Waals surface area contributed by atoms with Crippen molar-refractivity contribution < 1.29 is 0 Å². The minimum atomic E-state index is 0.820. The van der Waals surface area contributed by atoms with E-state index in [0.29, 0.717) is 0 Å². The second-order valence-electron chi connectivity index (χ2n) is 3.95. The molecule has 0 spiro atoms. The quantitative estimate of drug-likeness (QED) is 0.801. The normalized spacial score (nSPS) is 16.5. The molecule has 0 saturated carbocycles. The average Bonchev–Trinajstić information content (AvgIpc) is 2.30. The van der Waals surface area contributed by atoms with Crippen molar-refractivity contribution in [3.8, 4) is 0 Å². The summed E-state index contributed by atoms with van der Waals surface area (Å²) < 4.78 is 0. The Morgan fingerprint density at radius 1 is 1.27 bits per heavy atom. The van der Waals surface area contributed by atoms with Crippen molar-refractivity contribution in [3.63, 3.8) is 0 Å². The number of nitrogens with zero attached hydrogens (tertiary/aromatic N) is 3. The molecule has 0 bridgehead atoms. The van der Waals surface area contributed by atoms with Gasteiger partial charge in [0.2, 0.25) is 0 Å². The fourth-order valence-corrected chi connectivity index (χ4v) is 2.01. The molecule has 0 unspecified atom stereocenters. The molecule has 0 radical (unpaired) electrons. The van der Waals surface area contributed by atoms with E-state index in [0.717, 1.165) is 30.4 Å². The van der Waals surface area contributed by atoms with Crippen molar-refractivity contribution in [2.24, 2.45) is 0 Å². The molecule has 0 aliphatic carbocycles. The third-order valence-corrected chi connectivity index (χ3v) is 2.82. The topological polar surface area (TPSA) is 41.1 Å². The maximum atomic E-state index is 4.40. The molecule has 1 aromatic heterocycles. The monoisotopic (exact) mass is 206 g/mol. The van der Waals surface area contributed by atoms with Gasteiger partial charge in [-0.3, -0.25) is 0 Å². The molecule has 2 rings (SSSR count). The highest BCUT2D eigenvalue weighted by molar-refractivity contribution is 5.64. The SMILES string of the molecule is CNc1nc(C)ncc1N1CCCCC1. The first-order valence-electron chi connectivity index (χ1n) is 5.57. The van der Waals surface area contributed by atoms with Gasteiger partial charge in [-0.15, -0.1) is 0 Å². The zero-order chi connectivity index (χ0) is 10.7. The molecule has 1 fully saturated rings. The number of hydrogen-bond acceptors (Lipinski definition) is 4. The predicted molar refractivity (Wildman–Crippen MR) is 62.4 cm³/mol. The van der Waals surface area contributed by atoms with Crippen molar-refractivity contribution in [2.75, 3.05) is 30.4 Å². The van der Waals surface area contributed by atoms with E-state index < -0.39 is 0 Å². The van der Waals surface area contributed by atoms with Crippen LogP contribution in [0, 0.1) is 6.92 Å². The van der Waals surface area contributed by atoms with Crippen molar-refractivity contribution in [2.45, 2.75) is 26.2 Å². The van der Waals surface area contributed by atoms with Crippen LogP contribution < -0.4 is 10.2 Å². The van der Waals surface area contributed by atoms with E-state index in [1.54, 1.807) is 0 Å². The van der Waals surface area contributed by atoms with Gasteiger partial charge in [0, 0.05) is 20.1 Å². The van der Waals surface area contributed by atoms with Crippen molar-refractivity contribution in [3.05, 3.63) is 12.0 Å². The van der Waals surface area contributed by atoms with Gasteiger partial charge >= 0.3 is 0 Å². The molecule has 0 aromatic carbocycles. The number of aryl methyl sites for hydroxylation is 1. The second kappa shape index (κ2) is 4.47.